The van der Waals surface area contributed by atoms with Gasteiger partial charge in [-0.05, 0) is 30.9 Å². The number of hydrogen-bond acceptors (Lipinski definition) is 4. The van der Waals surface area contributed by atoms with Gasteiger partial charge in [0.2, 0.25) is 0 Å². The minimum atomic E-state index is -0.417. The van der Waals surface area contributed by atoms with Crippen LogP contribution >= 0.6 is 0 Å². The van der Waals surface area contributed by atoms with Crippen LogP contribution in [-0.2, 0) is 0 Å². The van der Waals surface area contributed by atoms with E-state index >= 15 is 0 Å². The molecule has 1 aliphatic carbocycles. The average Bonchev–Trinajstić information content (AvgIpc) is 2.89. The summed E-state index contributed by atoms with van der Waals surface area (Å²) in [5.41, 5.74) is 0.795. The van der Waals surface area contributed by atoms with E-state index in [1.807, 2.05) is 6.07 Å². The topological polar surface area (TPSA) is 64.4 Å². The number of methoxy groups -OCH3 is 1. The number of ether oxygens (including phenoxy) is 1. The first-order chi connectivity index (χ1) is 8.70. The second-order valence-electron chi connectivity index (χ2n) is 4.68. The maximum absolute atomic E-state index is 10.9. The fraction of sp³-hybridized carbons (Fsp3) is 0.538. The summed E-state index contributed by atoms with van der Waals surface area (Å²) < 4.78 is 4.97. The molecule has 5 nitrogen and oxygen atoms in total. The molecule has 0 bridgehead atoms. The monoisotopic (exact) mass is 250 g/mol. The summed E-state index contributed by atoms with van der Waals surface area (Å²) in [5, 5.41) is 14.2. The highest BCUT2D eigenvalue weighted by Crippen LogP contribution is 2.30. The zero-order chi connectivity index (χ0) is 13.0. The minimum absolute atomic E-state index is 0.00826. The molecule has 2 rings (SSSR count). The molecule has 0 heterocycles. The molecule has 1 aromatic carbocycles. The number of hydrogen-bond donors (Lipinski definition) is 1. The van der Waals surface area contributed by atoms with E-state index in [-0.39, 0.29) is 5.69 Å². The molecular formula is C13H18N2O3. The van der Waals surface area contributed by atoms with E-state index < -0.39 is 4.92 Å². The Kier molecular flexibility index (Phi) is 4.02. The molecule has 1 fully saturated rings. The number of rotatable bonds is 5. The lowest BCUT2D eigenvalue weighted by Crippen LogP contribution is -2.11. The van der Waals surface area contributed by atoms with Crippen molar-refractivity contribution in [3.63, 3.8) is 0 Å². The van der Waals surface area contributed by atoms with Gasteiger partial charge in [-0.15, -0.1) is 0 Å². The van der Waals surface area contributed by atoms with Gasteiger partial charge in [0.1, 0.15) is 0 Å². The summed E-state index contributed by atoms with van der Waals surface area (Å²) in [4.78, 5) is 10.5. The van der Waals surface area contributed by atoms with E-state index in [9.17, 15) is 10.1 Å². The van der Waals surface area contributed by atoms with Crippen molar-refractivity contribution < 1.29 is 9.66 Å². The number of nitrogens with one attached hydrogen (secondary N) is 1. The molecule has 0 radical (unpaired) electrons. The molecule has 1 N–H and O–H groups in total. The Labute approximate surface area is 106 Å². The highest BCUT2D eigenvalue weighted by atomic mass is 16.6. The zero-order valence-electron chi connectivity index (χ0n) is 10.5. The number of nitro groups is 1. The van der Waals surface area contributed by atoms with Crippen LogP contribution in [0.15, 0.2) is 18.2 Å². The third-order valence-corrected chi connectivity index (χ3v) is 3.45. The molecule has 1 saturated carbocycles. The molecule has 0 saturated heterocycles. The summed E-state index contributed by atoms with van der Waals surface area (Å²) in [6.45, 7) is 0.892. The van der Waals surface area contributed by atoms with E-state index in [1.165, 1.54) is 38.9 Å². The molecule has 0 atom stereocenters. The minimum Gasteiger partial charge on any atom is -0.490 e. The Hall–Kier alpha value is -1.78. The summed E-state index contributed by atoms with van der Waals surface area (Å²) in [6.07, 6.45) is 5.11. The molecule has 98 valence electrons. The maximum Gasteiger partial charge on any atom is 0.312 e. The van der Waals surface area contributed by atoms with Crippen molar-refractivity contribution in [1.82, 2.24) is 0 Å². The van der Waals surface area contributed by atoms with Gasteiger partial charge in [0, 0.05) is 18.3 Å². The summed E-state index contributed by atoms with van der Waals surface area (Å²) in [5.74, 6) is 0.998. The quantitative estimate of drug-likeness (QED) is 0.643. The second kappa shape index (κ2) is 5.71. The van der Waals surface area contributed by atoms with E-state index in [1.54, 1.807) is 6.07 Å². The molecule has 0 amide bonds. The van der Waals surface area contributed by atoms with Crippen LogP contribution in [0.4, 0.5) is 11.4 Å². The van der Waals surface area contributed by atoms with Crippen LogP contribution in [-0.4, -0.2) is 18.6 Å². The molecule has 0 aromatic heterocycles. The lowest BCUT2D eigenvalue weighted by Gasteiger charge is -2.12. The van der Waals surface area contributed by atoms with Crippen LogP contribution in [0, 0.1) is 16.0 Å². The standard InChI is InChI=1S/C13H18N2O3/c1-18-13-7-6-11(8-12(13)15(16)17)14-9-10-4-2-3-5-10/h6-8,10,14H,2-5,9H2,1H3. The normalized spacial score (nSPS) is 15.6. The van der Waals surface area contributed by atoms with Crippen LogP contribution in [0.25, 0.3) is 0 Å². The Morgan fingerprint density at radius 3 is 2.78 bits per heavy atom. The number of nitro benzene ring substituents is 1. The Balaban J connectivity index is 2.04. The van der Waals surface area contributed by atoms with Crippen molar-refractivity contribution in [3.8, 4) is 5.75 Å². The van der Waals surface area contributed by atoms with Crippen molar-refractivity contribution in [3.05, 3.63) is 28.3 Å². The highest BCUT2D eigenvalue weighted by Gasteiger charge is 2.17. The van der Waals surface area contributed by atoms with Crippen LogP contribution in [0.5, 0.6) is 5.75 Å². The van der Waals surface area contributed by atoms with Crippen molar-refractivity contribution in [2.45, 2.75) is 25.7 Å². The summed E-state index contributed by atoms with van der Waals surface area (Å²) in [7, 11) is 1.44. The Bertz CT molecular complexity index is 428. The highest BCUT2D eigenvalue weighted by molar-refractivity contribution is 5.58. The molecule has 1 aliphatic rings. The van der Waals surface area contributed by atoms with Gasteiger partial charge in [0.05, 0.1) is 12.0 Å². The molecular weight excluding hydrogens is 232 g/mol. The summed E-state index contributed by atoms with van der Waals surface area (Å²) >= 11 is 0. The molecule has 0 aliphatic heterocycles. The first kappa shape index (κ1) is 12.7. The van der Waals surface area contributed by atoms with Crippen LogP contribution < -0.4 is 10.1 Å². The predicted molar refractivity (Wildman–Crippen MR) is 70.1 cm³/mol. The molecule has 0 unspecified atom stereocenters. The van der Waals surface area contributed by atoms with Crippen LogP contribution in [0.2, 0.25) is 0 Å². The Morgan fingerprint density at radius 1 is 1.44 bits per heavy atom. The van der Waals surface area contributed by atoms with Gasteiger partial charge >= 0.3 is 5.69 Å². The number of anilines is 1. The SMILES string of the molecule is COc1ccc(NCC2CCCC2)cc1[N+](=O)[O-]. The van der Waals surface area contributed by atoms with E-state index in [2.05, 4.69) is 5.32 Å². The largest absolute Gasteiger partial charge is 0.490 e. The molecule has 5 heteroatoms. The van der Waals surface area contributed by atoms with Gasteiger partial charge in [-0.3, -0.25) is 10.1 Å². The predicted octanol–water partition coefficient (Wildman–Crippen LogP) is 3.21. The van der Waals surface area contributed by atoms with Crippen LogP contribution in [0.1, 0.15) is 25.7 Å². The summed E-state index contributed by atoms with van der Waals surface area (Å²) in [6, 6.07) is 4.99. The van der Waals surface area contributed by atoms with E-state index in [4.69, 9.17) is 4.74 Å². The van der Waals surface area contributed by atoms with Gasteiger partial charge < -0.3 is 10.1 Å². The van der Waals surface area contributed by atoms with E-state index in [0.717, 1.165) is 12.2 Å². The van der Waals surface area contributed by atoms with Crippen molar-refractivity contribution in [1.29, 1.82) is 0 Å². The zero-order valence-corrected chi connectivity index (χ0v) is 10.5. The maximum atomic E-state index is 10.9. The first-order valence-corrected chi connectivity index (χ1v) is 6.27. The van der Waals surface area contributed by atoms with Gasteiger partial charge in [-0.25, -0.2) is 0 Å². The fourth-order valence-corrected chi connectivity index (χ4v) is 2.42. The van der Waals surface area contributed by atoms with Gasteiger partial charge in [-0.2, -0.15) is 0 Å². The fourth-order valence-electron chi connectivity index (χ4n) is 2.42. The molecule has 0 spiro atoms. The number of nitrogens with zero attached hydrogens (tertiary/aromatic N) is 1. The first-order valence-electron chi connectivity index (χ1n) is 6.27. The Morgan fingerprint density at radius 2 is 2.17 bits per heavy atom. The third-order valence-electron chi connectivity index (χ3n) is 3.45. The van der Waals surface area contributed by atoms with Crippen molar-refractivity contribution in [2.75, 3.05) is 19.0 Å². The van der Waals surface area contributed by atoms with Gasteiger partial charge in [-0.1, -0.05) is 12.8 Å². The third kappa shape index (κ3) is 2.91. The van der Waals surface area contributed by atoms with Gasteiger partial charge in [0.15, 0.2) is 5.75 Å². The smallest absolute Gasteiger partial charge is 0.312 e. The number of benzene rings is 1. The van der Waals surface area contributed by atoms with Crippen LogP contribution in [0.3, 0.4) is 0 Å². The molecule has 1 aromatic rings. The van der Waals surface area contributed by atoms with Gasteiger partial charge in [0.25, 0.3) is 0 Å². The lowest BCUT2D eigenvalue weighted by molar-refractivity contribution is -0.385. The molecule has 18 heavy (non-hydrogen) atoms. The van der Waals surface area contributed by atoms with Crippen molar-refractivity contribution in [2.24, 2.45) is 5.92 Å². The second-order valence-corrected chi connectivity index (χ2v) is 4.68. The lowest BCUT2D eigenvalue weighted by atomic mass is 10.1. The average molecular weight is 250 g/mol. The van der Waals surface area contributed by atoms with Crippen molar-refractivity contribution >= 4 is 11.4 Å². The van der Waals surface area contributed by atoms with E-state index in [0.29, 0.717) is 11.7 Å².